The lowest BCUT2D eigenvalue weighted by atomic mass is 9.96. The van der Waals surface area contributed by atoms with Crippen LogP contribution in [-0.2, 0) is 9.59 Å². The summed E-state index contributed by atoms with van der Waals surface area (Å²) < 4.78 is 0. The summed E-state index contributed by atoms with van der Waals surface area (Å²) in [5, 5.41) is 5.46. The molecule has 1 fully saturated rings. The highest BCUT2D eigenvalue weighted by atomic mass is 16.2. The minimum atomic E-state index is -0.277. The quantitative estimate of drug-likeness (QED) is 0.806. The molecule has 0 aliphatic carbocycles. The Morgan fingerprint density at radius 2 is 1.95 bits per heavy atom. The monoisotopic (exact) mass is 260 g/mol. The highest BCUT2D eigenvalue weighted by Crippen LogP contribution is 2.16. The number of rotatable bonds is 3. The molecule has 1 aliphatic heterocycles. The molecule has 2 amide bonds. The minimum Gasteiger partial charge on any atom is -0.356 e. The largest absolute Gasteiger partial charge is 0.356 e. The number of nitrogens with one attached hydrogen (secondary N) is 2. The molecule has 100 valence electrons. The average molecular weight is 260 g/mol. The van der Waals surface area contributed by atoms with Gasteiger partial charge in [0.25, 0.3) is 0 Å². The van der Waals surface area contributed by atoms with E-state index < -0.39 is 0 Å². The van der Waals surface area contributed by atoms with Gasteiger partial charge in [-0.1, -0.05) is 0 Å². The molecule has 1 atom stereocenters. The lowest BCUT2D eigenvalue weighted by molar-refractivity contribution is -0.129. The van der Waals surface area contributed by atoms with Crippen LogP contribution in [0.4, 0.5) is 5.69 Å². The smallest absolute Gasteiger partial charge is 0.228 e. The van der Waals surface area contributed by atoms with Crippen LogP contribution in [0.1, 0.15) is 30.1 Å². The number of carbonyl (C=O) groups excluding carboxylic acids is 3. The Morgan fingerprint density at radius 3 is 2.53 bits per heavy atom. The highest BCUT2D eigenvalue weighted by Gasteiger charge is 2.25. The lowest BCUT2D eigenvalue weighted by Crippen LogP contribution is -2.38. The van der Waals surface area contributed by atoms with E-state index in [9.17, 15) is 14.4 Å². The number of carbonyl (C=O) groups is 3. The Bertz CT molecular complexity index is 508. The van der Waals surface area contributed by atoms with Crippen LogP contribution in [0, 0.1) is 5.92 Å². The number of Topliss-reactive ketones (excluding diaryl/α,β-unsaturated/α-hetero) is 1. The van der Waals surface area contributed by atoms with E-state index in [0.29, 0.717) is 24.2 Å². The van der Waals surface area contributed by atoms with E-state index in [0.717, 1.165) is 0 Å². The van der Waals surface area contributed by atoms with Crippen LogP contribution in [0.2, 0.25) is 0 Å². The molecule has 1 aromatic carbocycles. The van der Waals surface area contributed by atoms with E-state index in [1.807, 2.05) is 0 Å². The fourth-order valence-corrected chi connectivity index (χ4v) is 2.04. The van der Waals surface area contributed by atoms with Gasteiger partial charge in [0.1, 0.15) is 0 Å². The van der Waals surface area contributed by atoms with E-state index in [2.05, 4.69) is 10.6 Å². The molecule has 5 nitrogen and oxygen atoms in total. The van der Waals surface area contributed by atoms with E-state index in [4.69, 9.17) is 0 Å². The second-order valence-electron chi connectivity index (χ2n) is 4.66. The van der Waals surface area contributed by atoms with Gasteiger partial charge in [0.05, 0.1) is 0 Å². The van der Waals surface area contributed by atoms with Crippen molar-refractivity contribution in [2.24, 2.45) is 5.92 Å². The molecule has 0 aromatic heterocycles. The summed E-state index contributed by atoms with van der Waals surface area (Å²) in [7, 11) is 0. The lowest BCUT2D eigenvalue weighted by Gasteiger charge is -2.21. The maximum absolute atomic E-state index is 12.0. The first kappa shape index (κ1) is 13.3. The summed E-state index contributed by atoms with van der Waals surface area (Å²) in [4.78, 5) is 34.3. The standard InChI is InChI=1S/C14H16N2O3/c1-9(17)10-2-4-12(5-3-10)16-14(19)11-6-7-15-13(18)8-11/h2-5,11H,6-8H2,1H3,(H,15,18)(H,16,19). The van der Waals surface area contributed by atoms with E-state index in [1.54, 1.807) is 24.3 Å². The summed E-state index contributed by atoms with van der Waals surface area (Å²) in [5.41, 5.74) is 1.25. The van der Waals surface area contributed by atoms with Crippen molar-refractivity contribution < 1.29 is 14.4 Å². The van der Waals surface area contributed by atoms with Crippen LogP contribution in [-0.4, -0.2) is 24.1 Å². The normalized spacial score (nSPS) is 18.6. The summed E-state index contributed by atoms with van der Waals surface area (Å²) in [6.07, 6.45) is 0.889. The van der Waals surface area contributed by atoms with E-state index in [-0.39, 0.29) is 29.9 Å². The van der Waals surface area contributed by atoms with Gasteiger partial charge < -0.3 is 10.6 Å². The van der Waals surface area contributed by atoms with Gasteiger partial charge in [0, 0.05) is 30.1 Å². The number of amides is 2. The molecular weight excluding hydrogens is 244 g/mol. The van der Waals surface area contributed by atoms with Gasteiger partial charge in [0.2, 0.25) is 11.8 Å². The molecule has 19 heavy (non-hydrogen) atoms. The first-order valence-corrected chi connectivity index (χ1v) is 6.25. The van der Waals surface area contributed by atoms with Crippen LogP contribution >= 0.6 is 0 Å². The summed E-state index contributed by atoms with van der Waals surface area (Å²) >= 11 is 0. The molecule has 2 N–H and O–H groups in total. The molecule has 2 rings (SSSR count). The number of hydrogen-bond donors (Lipinski definition) is 2. The molecule has 0 saturated carbocycles. The molecule has 1 saturated heterocycles. The van der Waals surface area contributed by atoms with Crippen LogP contribution < -0.4 is 10.6 Å². The first-order valence-electron chi connectivity index (χ1n) is 6.25. The van der Waals surface area contributed by atoms with Gasteiger partial charge in [-0.2, -0.15) is 0 Å². The third-order valence-electron chi connectivity index (χ3n) is 3.18. The zero-order chi connectivity index (χ0) is 13.8. The second kappa shape index (κ2) is 5.65. The van der Waals surface area contributed by atoms with Crippen LogP contribution in [0.3, 0.4) is 0 Å². The summed E-state index contributed by atoms with van der Waals surface area (Å²) in [6.45, 7) is 2.04. The molecule has 1 aliphatic rings. The van der Waals surface area contributed by atoms with Crippen LogP contribution in [0.15, 0.2) is 24.3 Å². The van der Waals surface area contributed by atoms with E-state index >= 15 is 0 Å². The maximum atomic E-state index is 12.0. The number of anilines is 1. The Hall–Kier alpha value is -2.17. The fourth-order valence-electron chi connectivity index (χ4n) is 2.04. The Morgan fingerprint density at radius 1 is 1.26 bits per heavy atom. The Labute approximate surface area is 111 Å². The maximum Gasteiger partial charge on any atom is 0.228 e. The zero-order valence-corrected chi connectivity index (χ0v) is 10.7. The van der Waals surface area contributed by atoms with Crippen molar-refractivity contribution in [2.75, 3.05) is 11.9 Å². The van der Waals surface area contributed by atoms with Gasteiger partial charge in [-0.3, -0.25) is 14.4 Å². The predicted molar refractivity (Wildman–Crippen MR) is 70.8 cm³/mol. The molecule has 0 spiro atoms. The van der Waals surface area contributed by atoms with Crippen molar-refractivity contribution in [1.82, 2.24) is 5.32 Å². The molecular formula is C14H16N2O3. The first-order chi connectivity index (χ1) is 9.06. The third-order valence-corrected chi connectivity index (χ3v) is 3.18. The molecule has 1 heterocycles. The fraction of sp³-hybridized carbons (Fsp3) is 0.357. The van der Waals surface area contributed by atoms with E-state index in [1.165, 1.54) is 6.92 Å². The van der Waals surface area contributed by atoms with Crippen molar-refractivity contribution in [2.45, 2.75) is 19.8 Å². The summed E-state index contributed by atoms with van der Waals surface area (Å²) in [6, 6.07) is 6.73. The topological polar surface area (TPSA) is 75.3 Å². The molecule has 0 radical (unpaired) electrons. The third kappa shape index (κ3) is 3.40. The predicted octanol–water partition coefficient (Wildman–Crippen LogP) is 1.35. The number of ketones is 1. The van der Waals surface area contributed by atoms with Gasteiger partial charge in [0.15, 0.2) is 5.78 Å². The van der Waals surface area contributed by atoms with Crippen molar-refractivity contribution in [1.29, 1.82) is 0 Å². The van der Waals surface area contributed by atoms with Crippen LogP contribution in [0.25, 0.3) is 0 Å². The minimum absolute atomic E-state index is 0.0122. The number of hydrogen-bond acceptors (Lipinski definition) is 3. The Balaban J connectivity index is 1.98. The second-order valence-corrected chi connectivity index (χ2v) is 4.66. The van der Waals surface area contributed by atoms with Gasteiger partial charge >= 0.3 is 0 Å². The Kier molecular flexibility index (Phi) is 3.94. The van der Waals surface area contributed by atoms with Crippen molar-refractivity contribution >= 4 is 23.3 Å². The van der Waals surface area contributed by atoms with Gasteiger partial charge in [-0.25, -0.2) is 0 Å². The van der Waals surface area contributed by atoms with Crippen molar-refractivity contribution in [3.05, 3.63) is 29.8 Å². The van der Waals surface area contributed by atoms with Crippen molar-refractivity contribution in [3.8, 4) is 0 Å². The SMILES string of the molecule is CC(=O)c1ccc(NC(=O)C2CCNC(=O)C2)cc1. The summed E-state index contributed by atoms with van der Waals surface area (Å²) in [5.74, 6) is -0.521. The van der Waals surface area contributed by atoms with Gasteiger partial charge in [-0.05, 0) is 37.6 Å². The van der Waals surface area contributed by atoms with Crippen LogP contribution in [0.5, 0.6) is 0 Å². The molecule has 5 heteroatoms. The molecule has 1 aromatic rings. The number of piperidine rings is 1. The highest BCUT2D eigenvalue weighted by molar-refractivity contribution is 5.97. The molecule has 1 unspecified atom stereocenters. The number of benzene rings is 1. The van der Waals surface area contributed by atoms with Gasteiger partial charge in [-0.15, -0.1) is 0 Å². The van der Waals surface area contributed by atoms with Crippen molar-refractivity contribution in [3.63, 3.8) is 0 Å². The average Bonchev–Trinajstić information content (AvgIpc) is 2.39. The molecule has 0 bridgehead atoms. The zero-order valence-electron chi connectivity index (χ0n) is 10.7.